The number of hydrazine groups is 1. The summed E-state index contributed by atoms with van der Waals surface area (Å²) in [5.41, 5.74) is 1.44. The molecule has 1 fully saturated rings. The molecule has 1 N–H and O–H groups in total. The Hall–Kier alpha value is -1.76. The smallest absolute Gasteiger partial charge is 0.409 e. The molecule has 0 unspecified atom stereocenters. The van der Waals surface area contributed by atoms with Gasteiger partial charge < -0.3 is 4.74 Å². The first kappa shape index (κ1) is 17.6. The van der Waals surface area contributed by atoms with Crippen LogP contribution in [-0.4, -0.2) is 28.7 Å². The zero-order chi connectivity index (χ0) is 17.4. The van der Waals surface area contributed by atoms with Gasteiger partial charge in [-0.3, -0.25) is 10.2 Å². The monoisotopic (exact) mass is 330 g/mol. The van der Waals surface area contributed by atoms with Crippen LogP contribution in [0, 0.1) is 0 Å². The highest BCUT2D eigenvalue weighted by molar-refractivity contribution is 5.79. The van der Waals surface area contributed by atoms with E-state index in [1.165, 1.54) is 18.2 Å². The number of rotatable bonds is 4. The van der Waals surface area contributed by atoms with Crippen LogP contribution in [0.15, 0.2) is 24.3 Å². The Morgan fingerprint density at radius 3 is 2.43 bits per heavy atom. The van der Waals surface area contributed by atoms with Gasteiger partial charge in [0, 0.05) is 12.0 Å². The highest BCUT2D eigenvalue weighted by Crippen LogP contribution is 2.43. The zero-order valence-corrected chi connectivity index (χ0v) is 13.6. The molecule has 1 atom stereocenters. The van der Waals surface area contributed by atoms with Crippen LogP contribution in [0.1, 0.15) is 45.7 Å². The predicted molar refractivity (Wildman–Crippen MR) is 79.7 cm³/mol. The third-order valence-electron chi connectivity index (χ3n) is 3.60. The van der Waals surface area contributed by atoms with Crippen molar-refractivity contribution < 1.29 is 22.7 Å². The van der Waals surface area contributed by atoms with Crippen LogP contribution in [0.3, 0.4) is 0 Å². The molecule has 7 heteroatoms. The second kappa shape index (κ2) is 6.03. The molecule has 1 aromatic rings. The molecule has 0 saturated carbocycles. The Bertz CT molecular complexity index is 585. The number of amides is 1. The number of hydrogen-bond acceptors (Lipinski definition) is 3. The molecule has 2 rings (SSSR count). The van der Waals surface area contributed by atoms with Crippen LogP contribution in [0.2, 0.25) is 0 Å². The van der Waals surface area contributed by atoms with E-state index in [1.807, 2.05) is 0 Å². The molecule has 0 spiro atoms. The number of alkyl halides is 3. The number of hydrogen-bond donors (Lipinski definition) is 1. The molecule has 23 heavy (non-hydrogen) atoms. The fourth-order valence-electron chi connectivity index (χ4n) is 2.73. The fourth-order valence-corrected chi connectivity index (χ4v) is 2.73. The third-order valence-corrected chi connectivity index (χ3v) is 3.60. The number of carbonyl (C=O) groups excluding carboxylic acids is 1. The van der Waals surface area contributed by atoms with Gasteiger partial charge in [0.2, 0.25) is 5.91 Å². The second-order valence-electron chi connectivity index (χ2n) is 6.58. The lowest BCUT2D eigenvalue weighted by atomic mass is 9.97. The molecule has 1 aliphatic rings. The highest BCUT2D eigenvalue weighted by atomic mass is 19.4. The van der Waals surface area contributed by atoms with Crippen LogP contribution in [0.25, 0.3) is 0 Å². The molecular weight excluding hydrogens is 309 g/mol. The molecule has 0 radical (unpaired) electrons. The number of carbonyl (C=O) groups is 1. The molecular formula is C16H21F3N2O2. The van der Waals surface area contributed by atoms with Crippen molar-refractivity contribution in [1.29, 1.82) is 0 Å². The molecule has 4 nitrogen and oxygen atoms in total. The van der Waals surface area contributed by atoms with Crippen LogP contribution < -0.4 is 10.2 Å². The summed E-state index contributed by atoms with van der Waals surface area (Å²) in [6.07, 6.45) is -4.66. The largest absolute Gasteiger partial charge is 0.491 e. The number of benzene rings is 1. The van der Waals surface area contributed by atoms with E-state index in [-0.39, 0.29) is 18.1 Å². The average Bonchev–Trinajstić information content (AvgIpc) is 2.60. The van der Waals surface area contributed by atoms with Gasteiger partial charge in [-0.2, -0.15) is 18.2 Å². The average molecular weight is 330 g/mol. The lowest BCUT2D eigenvalue weighted by Crippen LogP contribution is -2.51. The van der Waals surface area contributed by atoms with E-state index >= 15 is 0 Å². The minimum absolute atomic E-state index is 0.0156. The fraction of sp³-hybridized carbons (Fsp3) is 0.562. The highest BCUT2D eigenvalue weighted by Gasteiger charge is 2.53. The van der Waals surface area contributed by atoms with Crippen molar-refractivity contribution >= 4 is 5.91 Å². The minimum Gasteiger partial charge on any atom is -0.491 e. The van der Waals surface area contributed by atoms with Gasteiger partial charge in [-0.1, -0.05) is 12.1 Å². The van der Waals surface area contributed by atoms with Gasteiger partial charge in [-0.25, -0.2) is 0 Å². The van der Waals surface area contributed by atoms with Crippen LogP contribution in [0.4, 0.5) is 13.2 Å². The molecule has 1 aromatic carbocycles. The lowest BCUT2D eigenvalue weighted by molar-refractivity contribution is -0.203. The molecule has 1 saturated heterocycles. The van der Waals surface area contributed by atoms with Crippen LogP contribution in [0.5, 0.6) is 5.75 Å². The summed E-state index contributed by atoms with van der Waals surface area (Å²) in [4.78, 5) is 11.6. The van der Waals surface area contributed by atoms with Crippen molar-refractivity contribution in [3.05, 3.63) is 29.8 Å². The van der Waals surface area contributed by atoms with Crippen LogP contribution >= 0.6 is 0 Å². The normalized spacial score (nSPS) is 19.7. The Morgan fingerprint density at radius 2 is 1.96 bits per heavy atom. The molecule has 1 amide bonds. The zero-order valence-electron chi connectivity index (χ0n) is 13.6. The van der Waals surface area contributed by atoms with Crippen molar-refractivity contribution in [2.24, 2.45) is 0 Å². The van der Waals surface area contributed by atoms with Gasteiger partial charge in [-0.15, -0.1) is 0 Å². The van der Waals surface area contributed by atoms with Crippen molar-refractivity contribution in [2.75, 3.05) is 0 Å². The van der Waals surface area contributed by atoms with E-state index in [0.717, 1.165) is 5.01 Å². The number of nitrogens with zero attached hydrogens (tertiary/aromatic N) is 1. The van der Waals surface area contributed by atoms with Crippen LogP contribution in [-0.2, 0) is 4.79 Å². The topological polar surface area (TPSA) is 41.6 Å². The molecule has 0 bridgehead atoms. The number of halogens is 3. The Labute approximate surface area is 133 Å². The van der Waals surface area contributed by atoms with Gasteiger partial charge in [-0.05, 0) is 45.4 Å². The van der Waals surface area contributed by atoms with Crippen molar-refractivity contribution in [1.82, 2.24) is 10.4 Å². The van der Waals surface area contributed by atoms with E-state index in [2.05, 4.69) is 5.43 Å². The molecule has 0 aliphatic carbocycles. The molecule has 1 aliphatic heterocycles. The summed E-state index contributed by atoms with van der Waals surface area (Å²) >= 11 is 0. The van der Waals surface area contributed by atoms with E-state index in [1.54, 1.807) is 33.8 Å². The van der Waals surface area contributed by atoms with Gasteiger partial charge in [0.15, 0.2) is 6.04 Å². The van der Waals surface area contributed by atoms with E-state index in [4.69, 9.17) is 4.74 Å². The second-order valence-corrected chi connectivity index (χ2v) is 6.58. The Balaban J connectivity index is 2.43. The molecule has 1 heterocycles. The van der Waals surface area contributed by atoms with Gasteiger partial charge in [0.25, 0.3) is 0 Å². The maximum absolute atomic E-state index is 13.7. The van der Waals surface area contributed by atoms with E-state index in [0.29, 0.717) is 5.75 Å². The molecule has 0 aromatic heterocycles. The van der Waals surface area contributed by atoms with Gasteiger partial charge in [0.05, 0.1) is 6.10 Å². The van der Waals surface area contributed by atoms with E-state index in [9.17, 15) is 18.0 Å². The summed E-state index contributed by atoms with van der Waals surface area (Å²) < 4.78 is 46.5. The summed E-state index contributed by atoms with van der Waals surface area (Å²) in [7, 11) is 0. The quantitative estimate of drug-likeness (QED) is 0.917. The lowest BCUT2D eigenvalue weighted by Gasteiger charge is -2.38. The van der Waals surface area contributed by atoms with Gasteiger partial charge in [0.1, 0.15) is 5.75 Å². The minimum atomic E-state index is -4.54. The predicted octanol–water partition coefficient (Wildman–Crippen LogP) is 3.59. The van der Waals surface area contributed by atoms with Gasteiger partial charge >= 0.3 is 6.18 Å². The first-order valence-corrected chi connectivity index (χ1v) is 7.43. The Morgan fingerprint density at radius 1 is 1.30 bits per heavy atom. The van der Waals surface area contributed by atoms with Crippen molar-refractivity contribution in [3.63, 3.8) is 0 Å². The number of nitrogens with one attached hydrogen (secondary N) is 1. The summed E-state index contributed by atoms with van der Waals surface area (Å²) in [6.45, 7) is 6.83. The third kappa shape index (κ3) is 3.96. The summed E-state index contributed by atoms with van der Waals surface area (Å²) in [5.74, 6) is -0.0473. The van der Waals surface area contributed by atoms with Crippen molar-refractivity contribution in [3.8, 4) is 5.75 Å². The summed E-state index contributed by atoms with van der Waals surface area (Å²) in [5, 5.41) is 0.990. The number of ether oxygens (including phenoxy) is 1. The maximum Gasteiger partial charge on any atom is 0.409 e. The standard InChI is InChI=1S/C16H21F3N2O2/c1-10(2)23-12-7-5-6-11(8-12)14(16(17,18)19)21-15(3,4)9-13(22)20-21/h5-8,10,14H,9H2,1-4H3,(H,20,22)/t14-/m0/s1. The van der Waals surface area contributed by atoms with E-state index < -0.39 is 23.7 Å². The maximum atomic E-state index is 13.7. The molecule has 128 valence electrons. The summed E-state index contributed by atoms with van der Waals surface area (Å²) in [6, 6.07) is 3.98. The SMILES string of the molecule is CC(C)Oc1cccc([C@H](N2NC(=O)CC2(C)C)C(F)(F)F)c1. The first-order chi connectivity index (χ1) is 10.5. The Kier molecular flexibility index (Phi) is 4.61. The first-order valence-electron chi connectivity index (χ1n) is 7.43. The van der Waals surface area contributed by atoms with Crippen molar-refractivity contribution in [2.45, 2.75) is 58.0 Å².